The lowest BCUT2D eigenvalue weighted by Gasteiger charge is -2.13. The van der Waals surface area contributed by atoms with Crippen LogP contribution in [0.3, 0.4) is 0 Å². The molecule has 0 fully saturated rings. The minimum Gasteiger partial charge on any atom is -0.485 e. The van der Waals surface area contributed by atoms with Crippen LogP contribution in [0, 0.1) is 6.92 Å². The molecule has 1 aliphatic rings. The van der Waals surface area contributed by atoms with E-state index in [2.05, 4.69) is 15.5 Å². The first-order valence-electron chi connectivity index (χ1n) is 10.0. The van der Waals surface area contributed by atoms with Crippen LogP contribution in [0.2, 0.25) is 0 Å². The number of nitrogens with zero attached hydrogens (tertiary/aromatic N) is 3. The van der Waals surface area contributed by atoms with Crippen LogP contribution in [0.5, 0.6) is 17.2 Å². The van der Waals surface area contributed by atoms with E-state index >= 15 is 0 Å². The van der Waals surface area contributed by atoms with Gasteiger partial charge in [0.15, 0.2) is 22.5 Å². The molecule has 0 unspecified atom stereocenters. The molecule has 0 aliphatic carbocycles. The van der Waals surface area contributed by atoms with Gasteiger partial charge in [0.2, 0.25) is 12.7 Å². The lowest BCUT2D eigenvalue weighted by atomic mass is 10.2. The molecule has 0 radical (unpaired) electrons. The molecule has 9 heteroatoms. The summed E-state index contributed by atoms with van der Waals surface area (Å²) in [4.78, 5) is 12.7. The predicted molar refractivity (Wildman–Crippen MR) is 118 cm³/mol. The van der Waals surface area contributed by atoms with Crippen molar-refractivity contribution >= 4 is 23.4 Å². The van der Waals surface area contributed by atoms with E-state index in [4.69, 9.17) is 14.2 Å². The van der Waals surface area contributed by atoms with Crippen LogP contribution in [0.4, 0.5) is 5.69 Å². The molecular formula is C22H24N4O4S. The summed E-state index contributed by atoms with van der Waals surface area (Å²) in [6, 6.07) is 13.2. The first-order valence-corrected chi connectivity index (χ1v) is 10.9. The summed E-state index contributed by atoms with van der Waals surface area (Å²) in [6.45, 7) is 7.04. The van der Waals surface area contributed by atoms with Gasteiger partial charge in [0.1, 0.15) is 12.4 Å². The molecule has 1 amide bonds. The Balaban J connectivity index is 1.39. The van der Waals surface area contributed by atoms with Crippen LogP contribution in [-0.2, 0) is 17.9 Å². The predicted octanol–water partition coefficient (Wildman–Crippen LogP) is 4.03. The number of thioether (sulfide) groups is 1. The minimum absolute atomic E-state index is 0.132. The molecule has 1 aliphatic heterocycles. The second kappa shape index (κ2) is 9.30. The van der Waals surface area contributed by atoms with Crippen LogP contribution in [0.15, 0.2) is 47.6 Å². The highest BCUT2D eigenvalue weighted by Crippen LogP contribution is 2.34. The quantitative estimate of drug-likeness (QED) is 0.529. The van der Waals surface area contributed by atoms with E-state index in [0.29, 0.717) is 35.5 Å². The van der Waals surface area contributed by atoms with Crippen molar-refractivity contribution in [2.45, 2.75) is 44.3 Å². The van der Waals surface area contributed by atoms with E-state index in [1.807, 2.05) is 49.6 Å². The number of aryl methyl sites for hydroxylation is 1. The standard InChI is InChI=1S/C22H24N4O4S/c1-4-26-20(12-28-17-8-6-5-7-14(17)2)24-25-22(26)31-15(3)21(27)23-16-9-10-18-19(11-16)30-13-29-18/h5-11,15H,4,12-13H2,1-3H3,(H,23,27)/t15-/m0/s1. The lowest BCUT2D eigenvalue weighted by molar-refractivity contribution is -0.115. The fourth-order valence-electron chi connectivity index (χ4n) is 3.12. The summed E-state index contributed by atoms with van der Waals surface area (Å²) in [5.74, 6) is 2.71. The summed E-state index contributed by atoms with van der Waals surface area (Å²) >= 11 is 1.36. The largest absolute Gasteiger partial charge is 0.485 e. The number of fused-ring (bicyclic) bond motifs is 1. The average molecular weight is 441 g/mol. The zero-order valence-electron chi connectivity index (χ0n) is 17.6. The van der Waals surface area contributed by atoms with Crippen molar-refractivity contribution in [2.24, 2.45) is 0 Å². The van der Waals surface area contributed by atoms with Crippen LogP contribution < -0.4 is 19.5 Å². The van der Waals surface area contributed by atoms with Gasteiger partial charge < -0.3 is 24.1 Å². The van der Waals surface area contributed by atoms with Crippen molar-refractivity contribution < 1.29 is 19.0 Å². The fraction of sp³-hybridized carbons (Fsp3) is 0.318. The monoisotopic (exact) mass is 440 g/mol. The molecule has 2 aromatic carbocycles. The highest BCUT2D eigenvalue weighted by Gasteiger charge is 2.21. The number of hydrogen-bond donors (Lipinski definition) is 1. The van der Waals surface area contributed by atoms with E-state index in [0.717, 1.165) is 17.1 Å². The summed E-state index contributed by atoms with van der Waals surface area (Å²) < 4.78 is 18.5. The second-order valence-electron chi connectivity index (χ2n) is 7.01. The Bertz CT molecular complexity index is 1090. The van der Waals surface area contributed by atoms with Gasteiger partial charge in [0, 0.05) is 18.3 Å². The zero-order valence-corrected chi connectivity index (χ0v) is 18.4. The van der Waals surface area contributed by atoms with Crippen LogP contribution in [0.1, 0.15) is 25.2 Å². The van der Waals surface area contributed by atoms with Crippen LogP contribution in [0.25, 0.3) is 0 Å². The van der Waals surface area contributed by atoms with Crippen molar-refractivity contribution in [3.63, 3.8) is 0 Å². The third kappa shape index (κ3) is 4.77. The number of benzene rings is 2. The van der Waals surface area contributed by atoms with Crippen molar-refractivity contribution in [3.8, 4) is 17.2 Å². The Kier molecular flexibility index (Phi) is 6.31. The summed E-state index contributed by atoms with van der Waals surface area (Å²) in [7, 11) is 0. The normalized spacial score (nSPS) is 13.1. The Hall–Kier alpha value is -3.20. The van der Waals surface area contributed by atoms with Gasteiger partial charge in [-0.3, -0.25) is 4.79 Å². The van der Waals surface area contributed by atoms with Gasteiger partial charge in [-0.2, -0.15) is 0 Å². The number of nitrogens with one attached hydrogen (secondary N) is 1. The van der Waals surface area contributed by atoms with Gasteiger partial charge in [0.05, 0.1) is 5.25 Å². The third-order valence-electron chi connectivity index (χ3n) is 4.85. The molecule has 3 aromatic rings. The van der Waals surface area contributed by atoms with E-state index in [9.17, 15) is 4.79 Å². The molecule has 0 spiro atoms. The zero-order chi connectivity index (χ0) is 21.8. The number of carbonyl (C=O) groups excluding carboxylic acids is 1. The molecule has 1 aromatic heterocycles. The number of para-hydroxylation sites is 1. The SMILES string of the molecule is CCn1c(COc2ccccc2C)nnc1S[C@@H](C)C(=O)Nc1ccc2c(c1)OCO2. The average Bonchev–Trinajstić information content (AvgIpc) is 3.39. The summed E-state index contributed by atoms with van der Waals surface area (Å²) in [5, 5.41) is 11.8. The first-order chi connectivity index (χ1) is 15.0. The van der Waals surface area contributed by atoms with Crippen molar-refractivity contribution in [2.75, 3.05) is 12.1 Å². The maximum absolute atomic E-state index is 12.7. The highest BCUT2D eigenvalue weighted by atomic mass is 32.2. The third-order valence-corrected chi connectivity index (χ3v) is 5.93. The van der Waals surface area contributed by atoms with E-state index in [1.165, 1.54) is 11.8 Å². The Morgan fingerprint density at radius 1 is 1.23 bits per heavy atom. The van der Waals surface area contributed by atoms with Gasteiger partial charge in [-0.05, 0) is 44.5 Å². The van der Waals surface area contributed by atoms with Gasteiger partial charge in [-0.25, -0.2) is 0 Å². The molecule has 2 heterocycles. The van der Waals surface area contributed by atoms with Crippen molar-refractivity contribution in [3.05, 3.63) is 53.9 Å². The summed E-state index contributed by atoms with van der Waals surface area (Å²) in [6.07, 6.45) is 0. The van der Waals surface area contributed by atoms with E-state index < -0.39 is 0 Å². The second-order valence-corrected chi connectivity index (χ2v) is 8.32. The highest BCUT2D eigenvalue weighted by molar-refractivity contribution is 8.00. The Labute approximate surface area is 184 Å². The van der Waals surface area contributed by atoms with E-state index in [1.54, 1.807) is 18.2 Å². The molecule has 31 heavy (non-hydrogen) atoms. The number of ether oxygens (including phenoxy) is 3. The maximum atomic E-state index is 12.7. The Morgan fingerprint density at radius 2 is 2.03 bits per heavy atom. The molecule has 162 valence electrons. The van der Waals surface area contributed by atoms with Crippen molar-refractivity contribution in [1.82, 2.24) is 14.8 Å². The molecule has 1 atom stereocenters. The smallest absolute Gasteiger partial charge is 0.237 e. The first kappa shape index (κ1) is 21.0. The van der Waals surface area contributed by atoms with Crippen LogP contribution >= 0.6 is 11.8 Å². The number of amides is 1. The van der Waals surface area contributed by atoms with Gasteiger partial charge in [-0.15, -0.1) is 10.2 Å². The number of aromatic nitrogens is 3. The molecule has 4 rings (SSSR count). The minimum atomic E-state index is -0.370. The molecule has 0 saturated carbocycles. The number of hydrogen-bond acceptors (Lipinski definition) is 7. The number of rotatable bonds is 8. The molecule has 0 bridgehead atoms. The van der Waals surface area contributed by atoms with E-state index in [-0.39, 0.29) is 18.0 Å². The number of carbonyl (C=O) groups is 1. The van der Waals surface area contributed by atoms with Gasteiger partial charge in [-0.1, -0.05) is 30.0 Å². The topological polar surface area (TPSA) is 87.5 Å². The lowest BCUT2D eigenvalue weighted by Crippen LogP contribution is -2.23. The van der Waals surface area contributed by atoms with Gasteiger partial charge in [0.25, 0.3) is 0 Å². The maximum Gasteiger partial charge on any atom is 0.237 e. The molecule has 1 N–H and O–H groups in total. The van der Waals surface area contributed by atoms with Crippen molar-refractivity contribution in [1.29, 1.82) is 0 Å². The molecular weight excluding hydrogens is 416 g/mol. The molecule has 0 saturated heterocycles. The fourth-order valence-corrected chi connectivity index (χ4v) is 4.05. The number of anilines is 1. The summed E-state index contributed by atoms with van der Waals surface area (Å²) in [5.41, 5.74) is 1.72. The molecule has 8 nitrogen and oxygen atoms in total. The van der Waals surface area contributed by atoms with Crippen LogP contribution in [-0.4, -0.2) is 32.7 Å². The Morgan fingerprint density at radius 3 is 2.84 bits per heavy atom. The van der Waals surface area contributed by atoms with Gasteiger partial charge >= 0.3 is 0 Å².